The second-order valence-electron chi connectivity index (χ2n) is 6.44. The van der Waals surface area contributed by atoms with Crippen LogP contribution in [0.2, 0.25) is 0 Å². The van der Waals surface area contributed by atoms with E-state index in [9.17, 15) is 9.59 Å². The van der Waals surface area contributed by atoms with Crippen LogP contribution < -0.4 is 0 Å². The second kappa shape index (κ2) is 7.62. The number of ketones is 1. The lowest BCUT2D eigenvalue weighted by Crippen LogP contribution is -2.22. The summed E-state index contributed by atoms with van der Waals surface area (Å²) in [5, 5.41) is 0. The quantitative estimate of drug-likeness (QED) is 0.450. The molecule has 0 bridgehead atoms. The van der Waals surface area contributed by atoms with Gasteiger partial charge in [0.15, 0.2) is 12.1 Å². The van der Waals surface area contributed by atoms with Crippen molar-refractivity contribution in [3.63, 3.8) is 0 Å². The van der Waals surface area contributed by atoms with Gasteiger partial charge in [0, 0.05) is 6.42 Å². The maximum atomic E-state index is 11.0. The summed E-state index contributed by atoms with van der Waals surface area (Å²) in [6.45, 7) is 11.3. The zero-order chi connectivity index (χ0) is 13.5. The van der Waals surface area contributed by atoms with Crippen molar-refractivity contribution in [1.82, 2.24) is 0 Å². The van der Waals surface area contributed by atoms with Crippen LogP contribution in [0, 0.1) is 17.3 Å². The standard InChI is InChI=1S/C15H28O2/c1-12(2)9-15(5,10-13(3)4)8-6-7-14(17)11-16/h11-13H,6-10H2,1-5H3. The number of carbonyl (C=O) groups excluding carboxylic acids is 2. The fraction of sp³-hybridized carbons (Fsp3) is 0.867. The molecular weight excluding hydrogens is 212 g/mol. The molecule has 100 valence electrons. The molecule has 0 aliphatic rings. The van der Waals surface area contributed by atoms with E-state index in [0.29, 0.717) is 30.0 Å². The van der Waals surface area contributed by atoms with Crippen LogP contribution in [-0.4, -0.2) is 12.1 Å². The van der Waals surface area contributed by atoms with Gasteiger partial charge in [-0.05, 0) is 42.9 Å². The molecule has 0 aromatic heterocycles. The average molecular weight is 240 g/mol. The summed E-state index contributed by atoms with van der Waals surface area (Å²) in [4.78, 5) is 21.2. The Morgan fingerprint density at radius 3 is 1.94 bits per heavy atom. The molecule has 0 aliphatic carbocycles. The van der Waals surface area contributed by atoms with Gasteiger partial charge >= 0.3 is 0 Å². The summed E-state index contributed by atoms with van der Waals surface area (Å²) in [5.41, 5.74) is 0.311. The van der Waals surface area contributed by atoms with E-state index >= 15 is 0 Å². The van der Waals surface area contributed by atoms with Crippen molar-refractivity contribution in [1.29, 1.82) is 0 Å². The summed E-state index contributed by atoms with van der Waals surface area (Å²) in [6, 6.07) is 0. The molecule has 0 radical (unpaired) electrons. The number of carbonyl (C=O) groups is 2. The van der Waals surface area contributed by atoms with Crippen LogP contribution in [0.4, 0.5) is 0 Å². The van der Waals surface area contributed by atoms with Crippen molar-refractivity contribution in [2.45, 2.75) is 66.7 Å². The molecule has 0 fully saturated rings. The molecule has 0 aromatic carbocycles. The molecule has 0 N–H and O–H groups in total. The molecule has 0 atom stereocenters. The van der Waals surface area contributed by atoms with Gasteiger partial charge in [-0.15, -0.1) is 0 Å². The van der Waals surface area contributed by atoms with E-state index in [1.807, 2.05) is 0 Å². The van der Waals surface area contributed by atoms with Gasteiger partial charge in [0.05, 0.1) is 0 Å². The lowest BCUT2D eigenvalue weighted by Gasteiger charge is -2.33. The summed E-state index contributed by atoms with van der Waals surface area (Å²) in [7, 11) is 0. The van der Waals surface area contributed by atoms with E-state index in [2.05, 4.69) is 34.6 Å². The summed E-state index contributed by atoms with van der Waals surface area (Å²) in [5.74, 6) is 1.10. The third kappa shape index (κ3) is 8.12. The van der Waals surface area contributed by atoms with Gasteiger partial charge in [-0.1, -0.05) is 34.6 Å². The maximum absolute atomic E-state index is 11.0. The predicted octanol–water partition coefficient (Wildman–Crippen LogP) is 4.02. The molecule has 0 saturated heterocycles. The van der Waals surface area contributed by atoms with Crippen molar-refractivity contribution >= 4 is 12.1 Å². The zero-order valence-electron chi connectivity index (χ0n) is 12.1. The van der Waals surface area contributed by atoms with Crippen LogP contribution in [0.1, 0.15) is 66.7 Å². The van der Waals surface area contributed by atoms with E-state index in [1.165, 1.54) is 12.8 Å². The Morgan fingerprint density at radius 2 is 1.59 bits per heavy atom. The van der Waals surface area contributed by atoms with Gasteiger partial charge in [-0.2, -0.15) is 0 Å². The van der Waals surface area contributed by atoms with Gasteiger partial charge in [0.2, 0.25) is 0 Å². The van der Waals surface area contributed by atoms with Gasteiger partial charge in [-0.3, -0.25) is 9.59 Å². The normalized spacial score (nSPS) is 12.2. The first-order valence-electron chi connectivity index (χ1n) is 6.77. The largest absolute Gasteiger partial charge is 0.295 e. The Bertz CT molecular complexity index is 231. The molecule has 2 heteroatoms. The van der Waals surface area contributed by atoms with E-state index in [4.69, 9.17) is 0 Å². The zero-order valence-corrected chi connectivity index (χ0v) is 12.1. The van der Waals surface area contributed by atoms with Crippen molar-refractivity contribution in [2.75, 3.05) is 0 Å². The van der Waals surface area contributed by atoms with Crippen LogP contribution in [0.25, 0.3) is 0 Å². The molecular formula is C15H28O2. The molecule has 0 amide bonds. The van der Waals surface area contributed by atoms with Crippen molar-refractivity contribution in [3.05, 3.63) is 0 Å². The smallest absolute Gasteiger partial charge is 0.195 e. The Morgan fingerprint density at radius 1 is 1.12 bits per heavy atom. The minimum absolute atomic E-state index is 0.263. The molecule has 0 rings (SSSR count). The number of hydrogen-bond donors (Lipinski definition) is 0. The first kappa shape index (κ1) is 16.3. The Labute approximate surface area is 106 Å². The number of rotatable bonds is 9. The Balaban J connectivity index is 4.27. The van der Waals surface area contributed by atoms with Crippen molar-refractivity contribution in [2.24, 2.45) is 17.3 Å². The third-order valence-corrected chi connectivity index (χ3v) is 3.14. The van der Waals surface area contributed by atoms with Crippen LogP contribution in [0.15, 0.2) is 0 Å². The highest BCUT2D eigenvalue weighted by atomic mass is 16.2. The molecule has 0 unspecified atom stereocenters. The minimum Gasteiger partial charge on any atom is -0.295 e. The van der Waals surface area contributed by atoms with E-state index < -0.39 is 0 Å². The van der Waals surface area contributed by atoms with Crippen LogP contribution in [0.3, 0.4) is 0 Å². The molecule has 0 aromatic rings. The van der Waals surface area contributed by atoms with Crippen LogP contribution in [0.5, 0.6) is 0 Å². The highest BCUT2D eigenvalue weighted by Gasteiger charge is 2.26. The average Bonchev–Trinajstić information content (AvgIpc) is 2.14. The Kier molecular flexibility index (Phi) is 7.33. The fourth-order valence-electron chi connectivity index (χ4n) is 3.01. The number of hydrogen-bond acceptors (Lipinski definition) is 2. The molecule has 0 saturated carbocycles. The third-order valence-electron chi connectivity index (χ3n) is 3.14. The maximum Gasteiger partial charge on any atom is 0.195 e. The second-order valence-corrected chi connectivity index (χ2v) is 6.44. The van der Waals surface area contributed by atoms with Gasteiger partial charge in [0.25, 0.3) is 0 Å². The van der Waals surface area contributed by atoms with Crippen molar-refractivity contribution in [3.8, 4) is 0 Å². The molecule has 0 aliphatic heterocycles. The summed E-state index contributed by atoms with van der Waals surface area (Å²) in [6.07, 6.45) is 5.13. The lowest BCUT2D eigenvalue weighted by atomic mass is 9.72. The minimum atomic E-state index is -0.263. The molecule has 0 heterocycles. The van der Waals surface area contributed by atoms with Gasteiger partial charge < -0.3 is 0 Å². The molecule has 17 heavy (non-hydrogen) atoms. The highest BCUT2D eigenvalue weighted by Crippen LogP contribution is 2.37. The summed E-state index contributed by atoms with van der Waals surface area (Å²) >= 11 is 0. The number of Topliss-reactive ketones (excluding diaryl/α,β-unsaturated/α-hetero) is 1. The number of aldehydes is 1. The van der Waals surface area contributed by atoms with Gasteiger partial charge in [-0.25, -0.2) is 0 Å². The topological polar surface area (TPSA) is 34.1 Å². The predicted molar refractivity (Wildman–Crippen MR) is 71.9 cm³/mol. The van der Waals surface area contributed by atoms with Crippen LogP contribution in [-0.2, 0) is 9.59 Å². The highest BCUT2D eigenvalue weighted by molar-refractivity contribution is 6.24. The van der Waals surface area contributed by atoms with Crippen molar-refractivity contribution < 1.29 is 9.59 Å². The van der Waals surface area contributed by atoms with E-state index in [1.54, 1.807) is 0 Å². The molecule has 0 spiro atoms. The van der Waals surface area contributed by atoms with Crippen LogP contribution >= 0.6 is 0 Å². The first-order chi connectivity index (χ1) is 7.79. The fourth-order valence-corrected chi connectivity index (χ4v) is 3.01. The van der Waals surface area contributed by atoms with E-state index in [-0.39, 0.29) is 5.78 Å². The summed E-state index contributed by atoms with van der Waals surface area (Å²) < 4.78 is 0. The lowest BCUT2D eigenvalue weighted by molar-refractivity contribution is -0.130. The van der Waals surface area contributed by atoms with E-state index in [0.717, 1.165) is 12.8 Å². The monoisotopic (exact) mass is 240 g/mol. The Hall–Kier alpha value is -0.660. The molecule has 2 nitrogen and oxygen atoms in total. The SMILES string of the molecule is CC(C)CC(C)(CCCC(=O)C=O)CC(C)C. The first-order valence-corrected chi connectivity index (χ1v) is 6.77. The van der Waals surface area contributed by atoms with Gasteiger partial charge in [0.1, 0.15) is 0 Å².